The summed E-state index contributed by atoms with van der Waals surface area (Å²) in [6.45, 7) is 4.80. The number of rotatable bonds is 6. The minimum atomic E-state index is -3.34. The molecule has 1 aliphatic carbocycles. The van der Waals surface area contributed by atoms with E-state index in [-0.39, 0.29) is 6.04 Å². The summed E-state index contributed by atoms with van der Waals surface area (Å²) < 4.78 is 28.6. The Kier molecular flexibility index (Phi) is 3.79. The van der Waals surface area contributed by atoms with Gasteiger partial charge in [0.2, 0.25) is 10.0 Å². The van der Waals surface area contributed by atoms with Gasteiger partial charge in [0.05, 0.1) is 4.90 Å². The van der Waals surface area contributed by atoms with Crippen molar-refractivity contribution in [1.82, 2.24) is 14.6 Å². The smallest absolute Gasteiger partial charge is 0.242 e. The molecule has 0 radical (unpaired) electrons. The molecule has 0 aromatic carbocycles. The van der Waals surface area contributed by atoms with E-state index in [1.807, 2.05) is 11.6 Å². The topological polar surface area (TPSA) is 63.1 Å². The highest BCUT2D eigenvalue weighted by Crippen LogP contribution is 2.22. The fourth-order valence-corrected chi connectivity index (χ4v) is 3.10. The Morgan fingerprint density at radius 3 is 2.67 bits per heavy atom. The maximum Gasteiger partial charge on any atom is 0.242 e. The van der Waals surface area contributed by atoms with Gasteiger partial charge in [-0.05, 0) is 18.9 Å². The van der Waals surface area contributed by atoms with Crippen molar-refractivity contribution in [1.29, 1.82) is 0 Å². The van der Waals surface area contributed by atoms with Crippen LogP contribution in [0.2, 0.25) is 0 Å². The zero-order valence-electron chi connectivity index (χ0n) is 11.1. The van der Waals surface area contributed by atoms with E-state index in [0.29, 0.717) is 17.5 Å². The summed E-state index contributed by atoms with van der Waals surface area (Å²) in [6.07, 6.45) is 3.57. The third kappa shape index (κ3) is 3.34. The van der Waals surface area contributed by atoms with Crippen LogP contribution in [0.1, 0.15) is 32.4 Å². The molecule has 0 spiro atoms. The van der Waals surface area contributed by atoms with Crippen LogP contribution in [0.25, 0.3) is 0 Å². The van der Waals surface area contributed by atoms with Crippen molar-refractivity contribution in [3.05, 3.63) is 18.0 Å². The Balaban J connectivity index is 2.11. The molecule has 0 unspecified atom stereocenters. The fourth-order valence-electron chi connectivity index (χ4n) is 1.70. The van der Waals surface area contributed by atoms with Crippen molar-refractivity contribution in [2.45, 2.75) is 50.2 Å². The normalized spacial score (nSPS) is 16.4. The average Bonchev–Trinajstić information content (AvgIpc) is 2.96. The van der Waals surface area contributed by atoms with E-state index in [1.165, 1.54) is 0 Å². The minimum Gasteiger partial charge on any atom is -0.352 e. The molecular formula is C12H21N3O2S. The Hall–Kier alpha value is -0.850. The van der Waals surface area contributed by atoms with Crippen molar-refractivity contribution in [3.63, 3.8) is 0 Å². The lowest BCUT2D eigenvalue weighted by atomic mass is 10.3. The predicted octanol–water partition coefficient (Wildman–Crippen LogP) is 0.964. The molecular weight excluding hydrogens is 250 g/mol. The minimum absolute atomic E-state index is 0.146. The second-order valence-corrected chi connectivity index (χ2v) is 6.92. The molecule has 2 N–H and O–H groups in total. The van der Waals surface area contributed by atoms with Crippen LogP contribution in [-0.2, 0) is 23.6 Å². The van der Waals surface area contributed by atoms with E-state index in [9.17, 15) is 8.42 Å². The van der Waals surface area contributed by atoms with Crippen LogP contribution in [0.4, 0.5) is 0 Å². The molecule has 2 rings (SSSR count). The first kappa shape index (κ1) is 13.6. The van der Waals surface area contributed by atoms with Crippen molar-refractivity contribution in [2.24, 2.45) is 7.05 Å². The van der Waals surface area contributed by atoms with Gasteiger partial charge in [-0.1, -0.05) is 13.8 Å². The molecule has 1 aromatic heterocycles. The molecule has 0 aliphatic heterocycles. The molecule has 0 amide bonds. The van der Waals surface area contributed by atoms with E-state index in [1.54, 1.807) is 12.3 Å². The van der Waals surface area contributed by atoms with Crippen LogP contribution in [0.15, 0.2) is 17.2 Å². The van der Waals surface area contributed by atoms with Crippen LogP contribution in [0.3, 0.4) is 0 Å². The Labute approximate surface area is 109 Å². The zero-order chi connectivity index (χ0) is 13.3. The summed E-state index contributed by atoms with van der Waals surface area (Å²) in [4.78, 5) is 0.359. The van der Waals surface area contributed by atoms with E-state index in [0.717, 1.165) is 18.5 Å². The SMILES string of the molecule is CC(C)NCc1cc(S(=O)(=O)NC2CC2)cn1C. The molecule has 5 nitrogen and oxygen atoms in total. The fraction of sp³-hybridized carbons (Fsp3) is 0.667. The first-order valence-electron chi connectivity index (χ1n) is 6.29. The molecule has 1 saturated carbocycles. The number of hydrogen-bond acceptors (Lipinski definition) is 3. The summed E-state index contributed by atoms with van der Waals surface area (Å²) in [7, 11) is -1.47. The molecule has 18 heavy (non-hydrogen) atoms. The Morgan fingerprint density at radius 2 is 2.11 bits per heavy atom. The van der Waals surface area contributed by atoms with Crippen molar-refractivity contribution in [3.8, 4) is 0 Å². The zero-order valence-corrected chi connectivity index (χ0v) is 11.9. The largest absolute Gasteiger partial charge is 0.352 e. The van der Waals surface area contributed by atoms with E-state index in [4.69, 9.17) is 0 Å². The number of nitrogens with one attached hydrogen (secondary N) is 2. The Bertz CT molecular complexity index is 515. The highest BCUT2D eigenvalue weighted by atomic mass is 32.2. The number of sulfonamides is 1. The van der Waals surface area contributed by atoms with Crippen molar-refractivity contribution < 1.29 is 8.42 Å². The summed E-state index contributed by atoms with van der Waals surface area (Å²) in [6, 6.07) is 2.26. The number of hydrogen-bond donors (Lipinski definition) is 2. The van der Waals surface area contributed by atoms with Crippen LogP contribution < -0.4 is 10.0 Å². The van der Waals surface area contributed by atoms with Gasteiger partial charge < -0.3 is 9.88 Å². The van der Waals surface area contributed by atoms with Gasteiger partial charge in [0, 0.05) is 37.6 Å². The summed E-state index contributed by atoms with van der Waals surface area (Å²) >= 11 is 0. The third-order valence-corrected chi connectivity index (χ3v) is 4.47. The van der Waals surface area contributed by atoms with Gasteiger partial charge in [-0.15, -0.1) is 0 Å². The molecule has 0 bridgehead atoms. The van der Waals surface area contributed by atoms with Gasteiger partial charge in [-0.3, -0.25) is 0 Å². The maximum atomic E-state index is 12.0. The monoisotopic (exact) mass is 271 g/mol. The standard InChI is InChI=1S/C12H21N3O2S/c1-9(2)13-7-11-6-12(8-15(11)3)18(16,17)14-10-4-5-10/h6,8-10,13-14H,4-5,7H2,1-3H3. The summed E-state index contributed by atoms with van der Waals surface area (Å²) in [5.41, 5.74) is 0.972. The van der Waals surface area contributed by atoms with Gasteiger partial charge in [0.15, 0.2) is 0 Å². The lowest BCUT2D eigenvalue weighted by Crippen LogP contribution is -2.25. The van der Waals surface area contributed by atoms with Crippen molar-refractivity contribution >= 4 is 10.0 Å². The van der Waals surface area contributed by atoms with Crippen LogP contribution in [0.5, 0.6) is 0 Å². The highest BCUT2D eigenvalue weighted by molar-refractivity contribution is 7.89. The molecule has 1 aliphatic rings. The number of nitrogens with zero attached hydrogens (tertiary/aromatic N) is 1. The first-order valence-corrected chi connectivity index (χ1v) is 7.78. The molecule has 6 heteroatoms. The lowest BCUT2D eigenvalue weighted by Gasteiger charge is -2.08. The second-order valence-electron chi connectivity index (χ2n) is 5.21. The van der Waals surface area contributed by atoms with Crippen LogP contribution >= 0.6 is 0 Å². The molecule has 1 fully saturated rings. The molecule has 0 atom stereocenters. The first-order chi connectivity index (χ1) is 8.38. The van der Waals surface area contributed by atoms with E-state index < -0.39 is 10.0 Å². The van der Waals surface area contributed by atoms with Gasteiger partial charge in [0.1, 0.15) is 0 Å². The Morgan fingerprint density at radius 1 is 1.44 bits per heavy atom. The summed E-state index contributed by atoms with van der Waals surface area (Å²) in [5.74, 6) is 0. The average molecular weight is 271 g/mol. The van der Waals surface area contributed by atoms with E-state index >= 15 is 0 Å². The number of aromatic nitrogens is 1. The van der Waals surface area contributed by atoms with Crippen LogP contribution in [0, 0.1) is 0 Å². The molecule has 1 heterocycles. The van der Waals surface area contributed by atoms with Gasteiger partial charge in [-0.25, -0.2) is 13.1 Å². The van der Waals surface area contributed by atoms with Gasteiger partial charge in [-0.2, -0.15) is 0 Å². The second kappa shape index (κ2) is 5.03. The maximum absolute atomic E-state index is 12.0. The molecule has 102 valence electrons. The van der Waals surface area contributed by atoms with Gasteiger partial charge >= 0.3 is 0 Å². The molecule has 1 aromatic rings. The predicted molar refractivity (Wildman–Crippen MR) is 70.7 cm³/mol. The molecule has 0 saturated heterocycles. The van der Waals surface area contributed by atoms with Crippen molar-refractivity contribution in [2.75, 3.05) is 0 Å². The number of aryl methyl sites for hydroxylation is 1. The summed E-state index contributed by atoms with van der Waals surface area (Å²) in [5, 5.41) is 3.28. The third-order valence-electron chi connectivity index (χ3n) is 2.98. The van der Waals surface area contributed by atoms with Crippen LogP contribution in [-0.4, -0.2) is 25.1 Å². The lowest BCUT2D eigenvalue weighted by molar-refractivity contribution is 0.571. The van der Waals surface area contributed by atoms with Gasteiger partial charge in [0.25, 0.3) is 0 Å². The quantitative estimate of drug-likeness (QED) is 0.810. The highest BCUT2D eigenvalue weighted by Gasteiger charge is 2.28. The van der Waals surface area contributed by atoms with E-state index in [2.05, 4.69) is 23.9 Å².